The van der Waals surface area contributed by atoms with Gasteiger partial charge in [0, 0.05) is 18.5 Å². The first-order valence-electron chi connectivity index (χ1n) is 7.64. The fraction of sp³-hybridized carbons (Fsp3) is 0.867. The molecule has 20 heavy (non-hydrogen) atoms. The second-order valence-corrected chi connectivity index (χ2v) is 6.04. The lowest BCUT2D eigenvalue weighted by Gasteiger charge is -2.31. The molecule has 1 saturated carbocycles. The first-order chi connectivity index (χ1) is 9.43. The Morgan fingerprint density at radius 1 is 1.35 bits per heavy atom. The number of carbonyl (C=O) groups excluding carboxylic acids is 2. The standard InChI is InChI=1S/C15H28N2O3/c1-4-20-14(18)10-17(9-11(2)3)15(19)12-6-5-7-13(16)8-12/h11-13H,4-10,16H2,1-3H3. The molecule has 1 amide bonds. The molecule has 0 saturated heterocycles. The second-order valence-electron chi connectivity index (χ2n) is 6.04. The average molecular weight is 284 g/mol. The summed E-state index contributed by atoms with van der Waals surface area (Å²) in [6, 6.07) is 0.112. The van der Waals surface area contributed by atoms with Crippen molar-refractivity contribution in [2.24, 2.45) is 17.6 Å². The van der Waals surface area contributed by atoms with Crippen LogP contribution >= 0.6 is 0 Å². The molecule has 0 aromatic heterocycles. The molecule has 116 valence electrons. The Balaban J connectivity index is 2.65. The van der Waals surface area contributed by atoms with Gasteiger partial charge in [-0.15, -0.1) is 0 Å². The molecule has 2 unspecified atom stereocenters. The molecule has 0 aromatic carbocycles. The Morgan fingerprint density at radius 2 is 2.05 bits per heavy atom. The van der Waals surface area contributed by atoms with E-state index >= 15 is 0 Å². The molecule has 2 atom stereocenters. The fourth-order valence-electron chi connectivity index (χ4n) is 2.75. The zero-order valence-corrected chi connectivity index (χ0v) is 12.9. The summed E-state index contributed by atoms with van der Waals surface area (Å²) in [5, 5.41) is 0. The van der Waals surface area contributed by atoms with Crippen molar-refractivity contribution in [3.63, 3.8) is 0 Å². The summed E-state index contributed by atoms with van der Waals surface area (Å²) in [6.07, 6.45) is 3.60. The maximum Gasteiger partial charge on any atom is 0.325 e. The molecule has 0 bridgehead atoms. The van der Waals surface area contributed by atoms with Gasteiger partial charge in [-0.25, -0.2) is 0 Å². The molecule has 1 aliphatic carbocycles. The van der Waals surface area contributed by atoms with Crippen LogP contribution in [0.2, 0.25) is 0 Å². The number of rotatable bonds is 6. The molecule has 5 heteroatoms. The van der Waals surface area contributed by atoms with Gasteiger partial charge in [0.2, 0.25) is 5.91 Å². The smallest absolute Gasteiger partial charge is 0.325 e. The third-order valence-corrected chi connectivity index (χ3v) is 3.59. The van der Waals surface area contributed by atoms with Crippen LogP contribution in [0.5, 0.6) is 0 Å². The minimum Gasteiger partial charge on any atom is -0.465 e. The molecule has 1 aliphatic rings. The number of esters is 1. The van der Waals surface area contributed by atoms with Crippen LogP contribution in [0, 0.1) is 11.8 Å². The summed E-state index contributed by atoms with van der Waals surface area (Å²) in [7, 11) is 0. The monoisotopic (exact) mass is 284 g/mol. The van der Waals surface area contributed by atoms with Crippen LogP contribution in [0.15, 0.2) is 0 Å². The molecule has 1 fully saturated rings. The highest BCUT2D eigenvalue weighted by Gasteiger charge is 2.30. The van der Waals surface area contributed by atoms with Gasteiger partial charge in [-0.3, -0.25) is 9.59 Å². The summed E-state index contributed by atoms with van der Waals surface area (Å²) in [4.78, 5) is 25.9. The minimum absolute atomic E-state index is 0.0353. The number of hydrogen-bond donors (Lipinski definition) is 1. The van der Waals surface area contributed by atoms with Gasteiger partial charge in [0.05, 0.1) is 6.61 Å². The Hall–Kier alpha value is -1.10. The van der Waals surface area contributed by atoms with Crippen molar-refractivity contribution in [1.29, 1.82) is 0 Å². The highest BCUT2D eigenvalue weighted by atomic mass is 16.5. The molecule has 0 spiro atoms. The molecular formula is C15H28N2O3. The topological polar surface area (TPSA) is 72.6 Å². The number of ether oxygens (including phenoxy) is 1. The average Bonchev–Trinajstić information content (AvgIpc) is 2.37. The van der Waals surface area contributed by atoms with E-state index in [1.807, 2.05) is 13.8 Å². The predicted molar refractivity (Wildman–Crippen MR) is 78.0 cm³/mol. The summed E-state index contributed by atoms with van der Waals surface area (Å²) in [5.74, 6) is 0.0149. The Morgan fingerprint density at radius 3 is 2.60 bits per heavy atom. The van der Waals surface area contributed by atoms with Crippen LogP contribution in [0.3, 0.4) is 0 Å². The van der Waals surface area contributed by atoms with E-state index in [9.17, 15) is 9.59 Å². The summed E-state index contributed by atoms with van der Waals surface area (Å²) < 4.78 is 4.96. The highest BCUT2D eigenvalue weighted by molar-refractivity contribution is 5.83. The van der Waals surface area contributed by atoms with Gasteiger partial charge in [0.25, 0.3) is 0 Å². The van der Waals surface area contributed by atoms with Gasteiger partial charge >= 0.3 is 5.97 Å². The van der Waals surface area contributed by atoms with E-state index in [0.29, 0.717) is 19.1 Å². The maximum atomic E-state index is 12.6. The lowest BCUT2D eigenvalue weighted by molar-refractivity contribution is -0.151. The van der Waals surface area contributed by atoms with Gasteiger partial charge in [-0.2, -0.15) is 0 Å². The van der Waals surface area contributed by atoms with E-state index in [0.717, 1.165) is 25.7 Å². The lowest BCUT2D eigenvalue weighted by atomic mass is 9.85. The SMILES string of the molecule is CCOC(=O)CN(CC(C)C)C(=O)C1CCCC(N)C1. The zero-order valence-electron chi connectivity index (χ0n) is 12.9. The van der Waals surface area contributed by atoms with Crippen molar-refractivity contribution in [3.05, 3.63) is 0 Å². The number of carbonyl (C=O) groups is 2. The van der Waals surface area contributed by atoms with Gasteiger partial charge in [-0.1, -0.05) is 20.3 Å². The van der Waals surface area contributed by atoms with E-state index in [4.69, 9.17) is 10.5 Å². The molecule has 0 aromatic rings. The first kappa shape index (κ1) is 17.0. The van der Waals surface area contributed by atoms with E-state index in [1.54, 1.807) is 11.8 Å². The Bertz CT molecular complexity index is 331. The molecule has 0 heterocycles. The number of hydrogen-bond acceptors (Lipinski definition) is 4. The third-order valence-electron chi connectivity index (χ3n) is 3.59. The largest absolute Gasteiger partial charge is 0.465 e. The Kier molecular flexibility index (Phi) is 6.99. The van der Waals surface area contributed by atoms with Crippen molar-refractivity contribution >= 4 is 11.9 Å². The van der Waals surface area contributed by atoms with Crippen LogP contribution in [-0.2, 0) is 14.3 Å². The Labute approximate surface area is 121 Å². The fourth-order valence-corrected chi connectivity index (χ4v) is 2.75. The normalized spacial score (nSPS) is 22.6. The molecule has 0 aliphatic heterocycles. The van der Waals surface area contributed by atoms with Crippen LogP contribution in [0.1, 0.15) is 46.5 Å². The van der Waals surface area contributed by atoms with E-state index in [-0.39, 0.29) is 30.4 Å². The molecule has 0 radical (unpaired) electrons. The third kappa shape index (κ3) is 5.49. The van der Waals surface area contributed by atoms with Gasteiger partial charge in [0.1, 0.15) is 6.54 Å². The van der Waals surface area contributed by atoms with E-state index in [1.165, 1.54) is 0 Å². The molecule has 5 nitrogen and oxygen atoms in total. The van der Waals surface area contributed by atoms with Crippen molar-refractivity contribution in [2.45, 2.75) is 52.5 Å². The van der Waals surface area contributed by atoms with E-state index < -0.39 is 0 Å². The van der Waals surface area contributed by atoms with Crippen molar-refractivity contribution in [3.8, 4) is 0 Å². The number of nitrogens with two attached hydrogens (primary N) is 1. The van der Waals surface area contributed by atoms with E-state index in [2.05, 4.69) is 0 Å². The summed E-state index contributed by atoms with van der Waals surface area (Å²) in [5.41, 5.74) is 5.95. The maximum absolute atomic E-state index is 12.6. The van der Waals surface area contributed by atoms with Crippen LogP contribution in [-0.4, -0.2) is 42.5 Å². The minimum atomic E-state index is -0.332. The molecule has 1 rings (SSSR count). The van der Waals surface area contributed by atoms with Crippen molar-refractivity contribution in [1.82, 2.24) is 4.90 Å². The lowest BCUT2D eigenvalue weighted by Crippen LogP contribution is -2.44. The number of nitrogens with zero attached hydrogens (tertiary/aromatic N) is 1. The molecular weight excluding hydrogens is 256 g/mol. The van der Waals surface area contributed by atoms with Gasteiger partial charge in [-0.05, 0) is 32.1 Å². The first-order valence-corrected chi connectivity index (χ1v) is 7.64. The summed E-state index contributed by atoms with van der Waals surface area (Å²) in [6.45, 7) is 6.83. The zero-order chi connectivity index (χ0) is 15.1. The van der Waals surface area contributed by atoms with Crippen molar-refractivity contribution in [2.75, 3.05) is 19.7 Å². The van der Waals surface area contributed by atoms with Crippen molar-refractivity contribution < 1.29 is 14.3 Å². The summed E-state index contributed by atoms with van der Waals surface area (Å²) >= 11 is 0. The molecule has 2 N–H and O–H groups in total. The quantitative estimate of drug-likeness (QED) is 0.751. The predicted octanol–water partition coefficient (Wildman–Crippen LogP) is 1.55. The number of amides is 1. The van der Waals surface area contributed by atoms with Gasteiger partial charge < -0.3 is 15.4 Å². The second kappa shape index (κ2) is 8.25. The van der Waals surface area contributed by atoms with Crippen LogP contribution in [0.25, 0.3) is 0 Å². The van der Waals surface area contributed by atoms with Crippen LogP contribution in [0.4, 0.5) is 0 Å². The van der Waals surface area contributed by atoms with Crippen LogP contribution < -0.4 is 5.73 Å². The highest BCUT2D eigenvalue weighted by Crippen LogP contribution is 2.25. The van der Waals surface area contributed by atoms with Gasteiger partial charge in [0.15, 0.2) is 0 Å².